The van der Waals surface area contributed by atoms with Crippen molar-refractivity contribution in [2.45, 2.75) is 38.6 Å². The van der Waals surface area contributed by atoms with Gasteiger partial charge in [-0.2, -0.15) is 0 Å². The zero-order valence-corrected chi connectivity index (χ0v) is 16.9. The number of carbonyl (C=O) groups excluding carboxylic acids is 2. The summed E-state index contributed by atoms with van der Waals surface area (Å²) in [6.07, 6.45) is 4.87. The number of nitrogens with zero attached hydrogens (tertiary/aromatic N) is 3. The second kappa shape index (κ2) is 8.62. The van der Waals surface area contributed by atoms with Gasteiger partial charge >= 0.3 is 0 Å². The van der Waals surface area contributed by atoms with Crippen molar-refractivity contribution in [1.29, 1.82) is 0 Å². The molecule has 4 rings (SSSR count). The zero-order chi connectivity index (χ0) is 21.1. The molecule has 0 unspecified atom stereocenters. The number of carbonyl (C=O) groups is 2. The Morgan fingerprint density at radius 3 is 2.70 bits per heavy atom. The van der Waals surface area contributed by atoms with Crippen LogP contribution in [-0.4, -0.2) is 26.3 Å². The molecular formula is C21H20ClN5O3. The van der Waals surface area contributed by atoms with Gasteiger partial charge in [-0.25, -0.2) is 9.97 Å². The summed E-state index contributed by atoms with van der Waals surface area (Å²) in [6.45, 7) is 0.659. The van der Waals surface area contributed by atoms with Gasteiger partial charge < -0.3 is 10.6 Å². The predicted octanol–water partition coefficient (Wildman–Crippen LogP) is 3.14. The van der Waals surface area contributed by atoms with Gasteiger partial charge in [-0.3, -0.25) is 19.0 Å². The zero-order valence-electron chi connectivity index (χ0n) is 16.2. The fourth-order valence-electron chi connectivity index (χ4n) is 3.48. The van der Waals surface area contributed by atoms with E-state index in [9.17, 15) is 14.4 Å². The number of hydrogen-bond donors (Lipinski definition) is 2. The van der Waals surface area contributed by atoms with Crippen molar-refractivity contribution >= 4 is 45.8 Å². The van der Waals surface area contributed by atoms with Crippen LogP contribution in [0.2, 0.25) is 5.02 Å². The van der Waals surface area contributed by atoms with Crippen LogP contribution in [0.5, 0.6) is 0 Å². The number of fused-ring (bicyclic) bond motifs is 2. The van der Waals surface area contributed by atoms with Crippen LogP contribution in [0.3, 0.4) is 0 Å². The highest BCUT2D eigenvalue weighted by Crippen LogP contribution is 2.18. The number of amides is 2. The number of benzene rings is 1. The quantitative estimate of drug-likeness (QED) is 0.624. The van der Waals surface area contributed by atoms with Crippen molar-refractivity contribution in [2.75, 3.05) is 10.6 Å². The van der Waals surface area contributed by atoms with Crippen molar-refractivity contribution < 1.29 is 9.59 Å². The van der Waals surface area contributed by atoms with E-state index in [0.717, 1.165) is 31.5 Å². The molecule has 3 aromatic rings. The topological polar surface area (TPSA) is 106 Å². The summed E-state index contributed by atoms with van der Waals surface area (Å²) in [6, 6.07) is 8.14. The van der Waals surface area contributed by atoms with E-state index in [1.807, 2.05) is 0 Å². The Morgan fingerprint density at radius 1 is 1.07 bits per heavy atom. The number of anilines is 2. The third-order valence-electron chi connectivity index (χ3n) is 4.92. The second-order valence-corrected chi connectivity index (χ2v) is 7.60. The standard InChI is InChI=1S/C21H20ClN5O3/c22-13-5-8-17(23-12-13)26-20(29)11-19(28)24-14-6-7-16-15(10-14)21(30)27-9-3-1-2-4-18(27)25-16/h5-8,10,12H,1-4,9,11H2,(H,24,28)(H,23,26,29). The lowest BCUT2D eigenvalue weighted by Crippen LogP contribution is -2.25. The number of rotatable bonds is 4. The van der Waals surface area contributed by atoms with Gasteiger partial charge in [0.1, 0.15) is 18.1 Å². The van der Waals surface area contributed by atoms with E-state index in [-0.39, 0.29) is 12.0 Å². The molecule has 1 aliphatic rings. The first-order chi connectivity index (χ1) is 14.5. The van der Waals surface area contributed by atoms with Crippen molar-refractivity contribution in [1.82, 2.24) is 14.5 Å². The van der Waals surface area contributed by atoms with Crippen LogP contribution in [-0.2, 0) is 22.6 Å². The summed E-state index contributed by atoms with van der Waals surface area (Å²) in [5, 5.41) is 6.09. The molecule has 2 amide bonds. The van der Waals surface area contributed by atoms with Crippen molar-refractivity contribution in [3.8, 4) is 0 Å². The molecule has 8 nitrogen and oxygen atoms in total. The van der Waals surface area contributed by atoms with Gasteiger partial charge in [0.25, 0.3) is 5.56 Å². The number of aryl methyl sites for hydroxylation is 1. The van der Waals surface area contributed by atoms with Gasteiger partial charge in [0.05, 0.1) is 15.9 Å². The number of halogens is 1. The van der Waals surface area contributed by atoms with Gasteiger partial charge in [0.2, 0.25) is 11.8 Å². The fraction of sp³-hybridized carbons (Fsp3) is 0.286. The highest BCUT2D eigenvalue weighted by molar-refractivity contribution is 6.30. The Balaban J connectivity index is 1.47. The average molecular weight is 426 g/mol. The molecule has 1 aliphatic heterocycles. The fourth-order valence-corrected chi connectivity index (χ4v) is 3.60. The van der Waals surface area contributed by atoms with Gasteiger partial charge in [0, 0.05) is 24.8 Å². The van der Waals surface area contributed by atoms with Gasteiger partial charge in [-0.1, -0.05) is 18.0 Å². The maximum atomic E-state index is 12.9. The van der Waals surface area contributed by atoms with Crippen molar-refractivity contribution in [3.05, 3.63) is 57.7 Å². The first kappa shape index (κ1) is 20.0. The van der Waals surface area contributed by atoms with Crippen LogP contribution in [0, 0.1) is 0 Å². The molecule has 154 valence electrons. The van der Waals surface area contributed by atoms with Crippen molar-refractivity contribution in [2.24, 2.45) is 0 Å². The van der Waals surface area contributed by atoms with E-state index in [0.29, 0.717) is 34.0 Å². The number of pyridine rings is 1. The average Bonchev–Trinajstić information content (AvgIpc) is 2.96. The Morgan fingerprint density at radius 2 is 1.90 bits per heavy atom. The van der Waals surface area contributed by atoms with Gasteiger partial charge in [-0.05, 0) is 43.2 Å². The molecule has 0 saturated carbocycles. The molecule has 2 aromatic heterocycles. The summed E-state index contributed by atoms with van der Waals surface area (Å²) >= 11 is 5.76. The minimum absolute atomic E-state index is 0.0976. The second-order valence-electron chi connectivity index (χ2n) is 7.16. The van der Waals surface area contributed by atoms with Crippen LogP contribution in [0.25, 0.3) is 10.9 Å². The molecule has 1 aromatic carbocycles. The number of nitrogens with one attached hydrogen (secondary N) is 2. The summed E-state index contributed by atoms with van der Waals surface area (Å²) in [7, 11) is 0. The summed E-state index contributed by atoms with van der Waals surface area (Å²) in [5.74, 6) is 0.121. The molecule has 0 fully saturated rings. The van der Waals surface area contributed by atoms with Crippen LogP contribution in [0.15, 0.2) is 41.3 Å². The molecular weight excluding hydrogens is 406 g/mol. The van der Waals surface area contributed by atoms with Gasteiger partial charge in [-0.15, -0.1) is 0 Å². The highest BCUT2D eigenvalue weighted by atomic mass is 35.5. The molecule has 0 spiro atoms. The van der Waals surface area contributed by atoms with Crippen LogP contribution in [0.1, 0.15) is 31.5 Å². The normalized spacial score (nSPS) is 13.4. The first-order valence-corrected chi connectivity index (χ1v) is 10.1. The summed E-state index contributed by atoms with van der Waals surface area (Å²) < 4.78 is 1.73. The lowest BCUT2D eigenvalue weighted by Gasteiger charge is -2.11. The minimum Gasteiger partial charge on any atom is -0.326 e. The Kier molecular flexibility index (Phi) is 5.76. The van der Waals surface area contributed by atoms with Gasteiger partial charge in [0.15, 0.2) is 0 Å². The largest absolute Gasteiger partial charge is 0.326 e. The Hall–Kier alpha value is -3.26. The SMILES string of the molecule is O=C(CC(=O)Nc1ccc(Cl)cn1)Nc1ccc2nc3n(c(=O)c2c1)CCCCC3. The predicted molar refractivity (Wildman–Crippen MR) is 115 cm³/mol. The van der Waals surface area contributed by atoms with Crippen LogP contribution in [0.4, 0.5) is 11.5 Å². The summed E-state index contributed by atoms with van der Waals surface area (Å²) in [5.41, 5.74) is 0.954. The lowest BCUT2D eigenvalue weighted by molar-refractivity contribution is -0.123. The smallest absolute Gasteiger partial charge is 0.261 e. The third-order valence-corrected chi connectivity index (χ3v) is 5.14. The summed E-state index contributed by atoms with van der Waals surface area (Å²) in [4.78, 5) is 45.8. The highest BCUT2D eigenvalue weighted by Gasteiger charge is 2.15. The Bertz CT molecular complexity index is 1170. The molecule has 0 bridgehead atoms. The van der Waals surface area contributed by atoms with E-state index in [4.69, 9.17) is 11.6 Å². The molecule has 3 heterocycles. The van der Waals surface area contributed by atoms with E-state index in [1.54, 1.807) is 34.9 Å². The molecule has 0 saturated heterocycles. The first-order valence-electron chi connectivity index (χ1n) is 9.74. The number of hydrogen-bond acceptors (Lipinski definition) is 5. The minimum atomic E-state index is -0.504. The molecule has 9 heteroatoms. The van der Waals surface area contributed by atoms with E-state index in [1.165, 1.54) is 6.20 Å². The molecule has 30 heavy (non-hydrogen) atoms. The molecule has 0 aliphatic carbocycles. The van der Waals surface area contributed by atoms with Crippen LogP contribution >= 0.6 is 11.6 Å². The van der Waals surface area contributed by atoms with E-state index < -0.39 is 11.8 Å². The monoisotopic (exact) mass is 425 g/mol. The molecule has 2 N–H and O–H groups in total. The number of aromatic nitrogens is 3. The van der Waals surface area contributed by atoms with E-state index >= 15 is 0 Å². The van der Waals surface area contributed by atoms with Crippen LogP contribution < -0.4 is 16.2 Å². The van der Waals surface area contributed by atoms with E-state index in [2.05, 4.69) is 20.6 Å². The molecule has 0 radical (unpaired) electrons. The third kappa shape index (κ3) is 4.49. The Labute approximate surface area is 177 Å². The molecule has 0 atom stereocenters. The maximum absolute atomic E-state index is 12.9. The maximum Gasteiger partial charge on any atom is 0.261 e. The lowest BCUT2D eigenvalue weighted by atomic mass is 10.2. The van der Waals surface area contributed by atoms with Crippen molar-refractivity contribution in [3.63, 3.8) is 0 Å².